The average molecular weight is 473 g/mol. The number of Topliss-reactive ketones (excluding diaryl/α,β-unsaturated/α-hetero) is 1. The number of rotatable bonds is 10. The Kier molecular flexibility index (Phi) is 8.51. The van der Waals surface area contributed by atoms with E-state index in [2.05, 4.69) is 0 Å². The van der Waals surface area contributed by atoms with Crippen molar-refractivity contribution in [3.8, 4) is 22.8 Å². The van der Waals surface area contributed by atoms with Crippen molar-refractivity contribution in [2.45, 2.75) is 71.3 Å². The number of methoxy groups -OCH3 is 1. The van der Waals surface area contributed by atoms with E-state index < -0.39 is 0 Å². The van der Waals surface area contributed by atoms with Gasteiger partial charge in [0, 0.05) is 12.0 Å². The van der Waals surface area contributed by atoms with Gasteiger partial charge in [0.1, 0.15) is 17.3 Å². The quantitative estimate of drug-likeness (QED) is 0.341. The van der Waals surface area contributed by atoms with Crippen LogP contribution in [0.5, 0.6) is 11.5 Å². The summed E-state index contributed by atoms with van der Waals surface area (Å²) in [7, 11) is 1.64. The maximum Gasteiger partial charge on any atom is 0.143 e. The molecule has 3 aromatic rings. The van der Waals surface area contributed by atoms with Crippen LogP contribution in [0.1, 0.15) is 62.9 Å². The Morgan fingerprint density at radius 2 is 1.60 bits per heavy atom. The van der Waals surface area contributed by atoms with E-state index in [1.54, 1.807) is 13.3 Å². The summed E-state index contributed by atoms with van der Waals surface area (Å²) < 4.78 is 11.0. The predicted molar refractivity (Wildman–Crippen MR) is 139 cm³/mol. The Morgan fingerprint density at radius 3 is 2.26 bits per heavy atom. The Bertz CT molecular complexity index is 1100. The lowest BCUT2D eigenvalue weighted by molar-refractivity contribution is -0.117. The Morgan fingerprint density at radius 1 is 0.914 bits per heavy atom. The van der Waals surface area contributed by atoms with E-state index in [1.807, 2.05) is 62.4 Å². The molecule has 5 nitrogen and oxygen atoms in total. The third kappa shape index (κ3) is 7.14. The highest BCUT2D eigenvalue weighted by Crippen LogP contribution is 2.29. The van der Waals surface area contributed by atoms with E-state index in [-0.39, 0.29) is 11.9 Å². The molecule has 0 aliphatic heterocycles. The molecule has 1 aromatic heterocycles. The average Bonchev–Trinajstić information content (AvgIpc) is 2.86. The van der Waals surface area contributed by atoms with Gasteiger partial charge in [0.05, 0.1) is 42.9 Å². The number of carbonyl (C=O) groups excluding carboxylic acids is 1. The van der Waals surface area contributed by atoms with Gasteiger partial charge in [0.2, 0.25) is 0 Å². The van der Waals surface area contributed by atoms with Crippen molar-refractivity contribution >= 4 is 5.78 Å². The van der Waals surface area contributed by atoms with Crippen LogP contribution in [0.3, 0.4) is 0 Å². The Balaban J connectivity index is 1.53. The molecule has 1 fully saturated rings. The van der Waals surface area contributed by atoms with Crippen molar-refractivity contribution in [2.24, 2.45) is 5.92 Å². The minimum absolute atomic E-state index is 0.137. The number of benzene rings is 2. The molecule has 0 N–H and O–H groups in total. The van der Waals surface area contributed by atoms with Crippen molar-refractivity contribution in [1.82, 2.24) is 9.97 Å². The minimum Gasteiger partial charge on any atom is -0.497 e. The molecule has 0 unspecified atom stereocenters. The molecule has 0 saturated heterocycles. The third-order valence-electron chi connectivity index (χ3n) is 6.58. The topological polar surface area (TPSA) is 61.3 Å². The van der Waals surface area contributed by atoms with E-state index in [0.717, 1.165) is 46.1 Å². The molecule has 0 radical (unpaired) electrons. The van der Waals surface area contributed by atoms with E-state index in [0.29, 0.717) is 18.8 Å². The van der Waals surface area contributed by atoms with Crippen LogP contribution in [0.4, 0.5) is 0 Å². The lowest BCUT2D eigenvalue weighted by atomic mass is 9.85. The number of hydrogen-bond acceptors (Lipinski definition) is 5. The van der Waals surface area contributed by atoms with Crippen LogP contribution >= 0.6 is 0 Å². The molecule has 2 aromatic carbocycles. The molecule has 35 heavy (non-hydrogen) atoms. The predicted octanol–water partition coefficient (Wildman–Crippen LogP) is 6.42. The smallest absolute Gasteiger partial charge is 0.143 e. The maximum atomic E-state index is 12.9. The summed E-state index contributed by atoms with van der Waals surface area (Å²) in [6, 6.07) is 15.7. The first kappa shape index (κ1) is 24.9. The van der Waals surface area contributed by atoms with Crippen molar-refractivity contribution in [3.05, 3.63) is 71.7 Å². The zero-order valence-electron chi connectivity index (χ0n) is 21.1. The highest BCUT2D eigenvalue weighted by Gasteiger charge is 2.20. The molecule has 4 rings (SSSR count). The van der Waals surface area contributed by atoms with Gasteiger partial charge in [0.25, 0.3) is 0 Å². The second kappa shape index (κ2) is 12.0. The van der Waals surface area contributed by atoms with Crippen LogP contribution in [-0.2, 0) is 24.1 Å². The van der Waals surface area contributed by atoms with Gasteiger partial charge >= 0.3 is 0 Å². The number of nitrogens with zero attached hydrogens (tertiary/aromatic N) is 2. The van der Waals surface area contributed by atoms with Gasteiger partial charge in [-0.2, -0.15) is 0 Å². The Hall–Kier alpha value is -3.21. The Labute approximate surface area is 208 Å². The molecule has 1 aliphatic rings. The zero-order chi connectivity index (χ0) is 24.6. The summed E-state index contributed by atoms with van der Waals surface area (Å²) in [4.78, 5) is 22.8. The largest absolute Gasteiger partial charge is 0.497 e. The van der Waals surface area contributed by atoms with Crippen molar-refractivity contribution in [2.75, 3.05) is 7.11 Å². The van der Waals surface area contributed by atoms with Gasteiger partial charge in [-0.15, -0.1) is 0 Å². The standard InChI is InChI=1S/C30H36N2O3/c1-21(2)35-27-15-11-24(12-16-27)30-20-31-28(29(32-30)18-22-7-5-4-6-8-22)19-25(33)17-23-9-13-26(34-3)14-10-23/h9-16,20-22H,4-8,17-19H2,1-3H3. The SMILES string of the molecule is COc1ccc(CC(=O)Cc2ncc(-c3ccc(OC(C)C)cc3)nc2CC2CCCCC2)cc1. The first-order valence-electron chi connectivity index (χ1n) is 12.8. The van der Waals surface area contributed by atoms with E-state index in [4.69, 9.17) is 19.4 Å². The molecule has 1 heterocycles. The molecule has 0 bridgehead atoms. The van der Waals surface area contributed by atoms with Crippen LogP contribution in [0.15, 0.2) is 54.7 Å². The molecule has 1 aliphatic carbocycles. The zero-order valence-corrected chi connectivity index (χ0v) is 21.1. The van der Waals surface area contributed by atoms with Crippen molar-refractivity contribution in [1.29, 1.82) is 0 Å². The van der Waals surface area contributed by atoms with Crippen LogP contribution in [0, 0.1) is 5.92 Å². The second-order valence-electron chi connectivity index (χ2n) is 9.79. The molecule has 5 heteroatoms. The molecular weight excluding hydrogens is 436 g/mol. The number of ether oxygens (including phenoxy) is 2. The summed E-state index contributed by atoms with van der Waals surface area (Å²) >= 11 is 0. The minimum atomic E-state index is 0.137. The van der Waals surface area contributed by atoms with Gasteiger partial charge in [-0.1, -0.05) is 44.2 Å². The molecular formula is C30H36N2O3. The lowest BCUT2D eigenvalue weighted by Crippen LogP contribution is -2.16. The van der Waals surface area contributed by atoms with Crippen LogP contribution in [0.25, 0.3) is 11.3 Å². The highest BCUT2D eigenvalue weighted by atomic mass is 16.5. The number of carbonyl (C=O) groups is 1. The second-order valence-corrected chi connectivity index (χ2v) is 9.79. The highest BCUT2D eigenvalue weighted by molar-refractivity contribution is 5.83. The van der Waals surface area contributed by atoms with E-state index >= 15 is 0 Å². The van der Waals surface area contributed by atoms with Gasteiger partial charge in [-0.3, -0.25) is 9.78 Å². The molecule has 184 valence electrons. The van der Waals surface area contributed by atoms with Crippen LogP contribution in [0.2, 0.25) is 0 Å². The summed E-state index contributed by atoms with van der Waals surface area (Å²) in [5.74, 6) is 2.41. The van der Waals surface area contributed by atoms with E-state index in [9.17, 15) is 4.79 Å². The van der Waals surface area contributed by atoms with Gasteiger partial charge in [-0.25, -0.2) is 4.98 Å². The van der Waals surface area contributed by atoms with Gasteiger partial charge in [0.15, 0.2) is 0 Å². The number of ketones is 1. The third-order valence-corrected chi connectivity index (χ3v) is 6.58. The normalized spacial score (nSPS) is 14.2. The monoisotopic (exact) mass is 472 g/mol. The number of hydrogen-bond donors (Lipinski definition) is 0. The fourth-order valence-corrected chi connectivity index (χ4v) is 4.76. The molecule has 0 atom stereocenters. The van der Waals surface area contributed by atoms with E-state index in [1.165, 1.54) is 32.1 Å². The summed E-state index contributed by atoms with van der Waals surface area (Å²) in [6.07, 6.45) is 9.85. The van der Waals surface area contributed by atoms with Crippen LogP contribution in [-0.4, -0.2) is 29.0 Å². The summed E-state index contributed by atoms with van der Waals surface area (Å²) in [5.41, 5.74) is 4.63. The van der Waals surface area contributed by atoms with Gasteiger partial charge in [-0.05, 0) is 68.1 Å². The summed E-state index contributed by atoms with van der Waals surface area (Å²) in [6.45, 7) is 4.04. The van der Waals surface area contributed by atoms with Gasteiger partial charge < -0.3 is 9.47 Å². The molecule has 0 spiro atoms. The lowest BCUT2D eigenvalue weighted by Gasteiger charge is -2.22. The molecule has 1 saturated carbocycles. The maximum absolute atomic E-state index is 12.9. The number of aromatic nitrogens is 2. The fourth-order valence-electron chi connectivity index (χ4n) is 4.76. The first-order chi connectivity index (χ1) is 17.0. The van der Waals surface area contributed by atoms with Crippen molar-refractivity contribution in [3.63, 3.8) is 0 Å². The fraction of sp³-hybridized carbons (Fsp3) is 0.433. The molecule has 0 amide bonds. The van der Waals surface area contributed by atoms with Crippen LogP contribution < -0.4 is 9.47 Å². The summed E-state index contributed by atoms with van der Waals surface area (Å²) in [5, 5.41) is 0. The van der Waals surface area contributed by atoms with Crippen molar-refractivity contribution < 1.29 is 14.3 Å². The first-order valence-corrected chi connectivity index (χ1v) is 12.8.